The summed E-state index contributed by atoms with van der Waals surface area (Å²) in [5.74, 6) is -1.36. The molecular formula is C39H33Cl2F3N4O6. The predicted molar refractivity (Wildman–Crippen MR) is 194 cm³/mol. The predicted octanol–water partition coefficient (Wildman–Crippen LogP) is 6.99. The second kappa shape index (κ2) is 15.2. The Kier molecular flexibility index (Phi) is 10.5. The van der Waals surface area contributed by atoms with Gasteiger partial charge in [0.1, 0.15) is 24.2 Å². The first-order valence-electron chi connectivity index (χ1n) is 17.2. The number of halogens is 5. The Morgan fingerprint density at radius 1 is 0.815 bits per heavy atom. The van der Waals surface area contributed by atoms with Crippen molar-refractivity contribution in [2.45, 2.75) is 31.3 Å². The zero-order chi connectivity index (χ0) is 38.1. The van der Waals surface area contributed by atoms with Gasteiger partial charge in [0.15, 0.2) is 11.5 Å². The molecule has 0 spiro atoms. The van der Waals surface area contributed by atoms with Gasteiger partial charge < -0.3 is 24.0 Å². The van der Waals surface area contributed by atoms with Crippen LogP contribution >= 0.6 is 23.2 Å². The molecule has 7 rings (SSSR count). The van der Waals surface area contributed by atoms with Crippen LogP contribution in [0, 0.1) is 0 Å². The molecule has 0 bridgehead atoms. The summed E-state index contributed by atoms with van der Waals surface area (Å²) in [5, 5.41) is 0.886. The molecule has 4 aromatic rings. The summed E-state index contributed by atoms with van der Waals surface area (Å²) in [6.45, 7) is 2.00. The van der Waals surface area contributed by atoms with Crippen LogP contribution in [0.4, 0.5) is 13.2 Å². The van der Waals surface area contributed by atoms with Crippen molar-refractivity contribution < 1.29 is 41.8 Å². The summed E-state index contributed by atoms with van der Waals surface area (Å²) < 4.78 is 58.8. The molecule has 1 saturated heterocycles. The lowest BCUT2D eigenvalue weighted by atomic mass is 9.93. The number of amidine groups is 1. The number of benzene rings is 4. The van der Waals surface area contributed by atoms with Crippen molar-refractivity contribution in [3.63, 3.8) is 0 Å². The topological polar surface area (TPSA) is 101 Å². The molecule has 3 unspecified atom stereocenters. The highest BCUT2D eigenvalue weighted by atomic mass is 35.5. The van der Waals surface area contributed by atoms with E-state index in [1.807, 2.05) is 0 Å². The molecule has 3 aliphatic rings. The molecule has 54 heavy (non-hydrogen) atoms. The molecular weight excluding hydrogens is 748 g/mol. The van der Waals surface area contributed by atoms with Gasteiger partial charge in [0.05, 0.1) is 23.8 Å². The van der Waals surface area contributed by atoms with Crippen LogP contribution in [0.25, 0.3) is 0 Å². The van der Waals surface area contributed by atoms with E-state index in [4.69, 9.17) is 42.4 Å². The zero-order valence-electron chi connectivity index (χ0n) is 28.8. The molecule has 0 N–H and O–H groups in total. The third kappa shape index (κ3) is 7.42. The van der Waals surface area contributed by atoms with E-state index in [0.717, 1.165) is 12.1 Å². The molecule has 3 aliphatic heterocycles. The van der Waals surface area contributed by atoms with Gasteiger partial charge in [-0.15, -0.1) is 0 Å². The second-order valence-electron chi connectivity index (χ2n) is 12.7. The van der Waals surface area contributed by atoms with Gasteiger partial charge in [-0.3, -0.25) is 24.3 Å². The first-order chi connectivity index (χ1) is 25.9. The van der Waals surface area contributed by atoms with E-state index in [9.17, 15) is 27.6 Å². The highest BCUT2D eigenvalue weighted by molar-refractivity contribution is 6.39. The third-order valence-corrected chi connectivity index (χ3v) is 9.91. The van der Waals surface area contributed by atoms with Crippen molar-refractivity contribution in [2.75, 3.05) is 39.4 Å². The standard InChI is InChI=1S/C39H33Cl2F3N4O6/c1-2-52-31-21-25(39(42,43)44)11-16-28(31)35-45-33(23-7-12-26(40)13-8-23)34(24-9-14-27(41)15-10-24)48(35)38(51)37(50)47-19-17-46(18-20-47)36(49)32-22-53-29-5-3-4-6-30(29)54-32/h3-16,21,32-34H,2,17-20,22H2,1H3. The van der Waals surface area contributed by atoms with Crippen LogP contribution in [-0.2, 0) is 20.6 Å². The number of hydrogen-bond donors (Lipinski definition) is 0. The third-order valence-electron chi connectivity index (χ3n) is 9.40. The fourth-order valence-corrected chi connectivity index (χ4v) is 6.99. The first kappa shape index (κ1) is 37.1. The van der Waals surface area contributed by atoms with E-state index in [1.165, 1.54) is 15.9 Å². The second-order valence-corrected chi connectivity index (χ2v) is 13.6. The van der Waals surface area contributed by atoms with Crippen molar-refractivity contribution in [1.29, 1.82) is 0 Å². The van der Waals surface area contributed by atoms with Crippen molar-refractivity contribution in [3.8, 4) is 17.2 Å². The fraction of sp³-hybridized carbons (Fsp3) is 0.282. The summed E-state index contributed by atoms with van der Waals surface area (Å²) in [4.78, 5) is 51.3. The molecule has 3 heterocycles. The van der Waals surface area contributed by atoms with Crippen LogP contribution < -0.4 is 14.2 Å². The normalized spacial score (nSPS) is 19.7. The van der Waals surface area contributed by atoms with Crippen LogP contribution in [0.15, 0.2) is 96.0 Å². The summed E-state index contributed by atoms with van der Waals surface area (Å²) in [7, 11) is 0. The lowest BCUT2D eigenvalue weighted by Gasteiger charge is -2.38. The van der Waals surface area contributed by atoms with Gasteiger partial charge in [0.25, 0.3) is 5.91 Å². The van der Waals surface area contributed by atoms with Gasteiger partial charge in [0.2, 0.25) is 6.10 Å². The molecule has 1 fully saturated rings. The Morgan fingerprint density at radius 3 is 2.06 bits per heavy atom. The van der Waals surface area contributed by atoms with Gasteiger partial charge in [-0.1, -0.05) is 59.6 Å². The van der Waals surface area contributed by atoms with Gasteiger partial charge in [-0.2, -0.15) is 13.2 Å². The van der Waals surface area contributed by atoms with Gasteiger partial charge in [-0.05, 0) is 72.6 Å². The maximum atomic E-state index is 14.7. The van der Waals surface area contributed by atoms with Crippen LogP contribution in [0.5, 0.6) is 17.2 Å². The number of aliphatic imine (C=N–C) groups is 1. The maximum Gasteiger partial charge on any atom is 0.416 e. The van der Waals surface area contributed by atoms with Crippen LogP contribution in [-0.4, -0.2) is 83.8 Å². The largest absolute Gasteiger partial charge is 0.493 e. The Morgan fingerprint density at radius 2 is 1.43 bits per heavy atom. The minimum Gasteiger partial charge on any atom is -0.493 e. The van der Waals surface area contributed by atoms with E-state index < -0.39 is 41.7 Å². The number of para-hydroxylation sites is 2. The smallest absolute Gasteiger partial charge is 0.416 e. The summed E-state index contributed by atoms with van der Waals surface area (Å²) >= 11 is 12.5. The van der Waals surface area contributed by atoms with Crippen LogP contribution in [0.1, 0.15) is 41.3 Å². The highest BCUT2D eigenvalue weighted by Gasteiger charge is 2.47. The first-order valence-corrected chi connectivity index (χ1v) is 17.9. The number of rotatable bonds is 6. The number of ether oxygens (including phenoxy) is 3. The molecule has 280 valence electrons. The minimum atomic E-state index is -4.67. The monoisotopic (exact) mass is 780 g/mol. The molecule has 0 radical (unpaired) electrons. The van der Waals surface area contributed by atoms with E-state index in [-0.39, 0.29) is 62.4 Å². The van der Waals surface area contributed by atoms with Crippen molar-refractivity contribution >= 4 is 46.8 Å². The van der Waals surface area contributed by atoms with Crippen molar-refractivity contribution in [1.82, 2.24) is 14.7 Å². The molecule has 0 aliphatic carbocycles. The van der Waals surface area contributed by atoms with E-state index in [1.54, 1.807) is 84.6 Å². The summed E-state index contributed by atoms with van der Waals surface area (Å²) in [6, 6.07) is 21.7. The van der Waals surface area contributed by atoms with E-state index in [2.05, 4.69) is 0 Å². The lowest BCUT2D eigenvalue weighted by Crippen LogP contribution is -2.57. The van der Waals surface area contributed by atoms with E-state index >= 15 is 0 Å². The molecule has 10 nitrogen and oxygen atoms in total. The average molecular weight is 782 g/mol. The molecule has 4 aromatic carbocycles. The number of nitrogens with zero attached hydrogens (tertiary/aromatic N) is 4. The lowest BCUT2D eigenvalue weighted by molar-refractivity contribution is -0.153. The number of fused-ring (bicyclic) bond motifs is 1. The summed E-state index contributed by atoms with van der Waals surface area (Å²) in [6.07, 6.45) is -5.55. The number of alkyl halides is 3. The minimum absolute atomic E-state index is 0.0171. The molecule has 0 saturated carbocycles. The molecule has 0 aromatic heterocycles. The number of piperazine rings is 1. The molecule has 3 atom stereocenters. The van der Waals surface area contributed by atoms with Gasteiger partial charge in [-0.25, -0.2) is 0 Å². The molecule has 3 amide bonds. The summed E-state index contributed by atoms with van der Waals surface area (Å²) in [5.41, 5.74) is 0.338. The average Bonchev–Trinajstić information content (AvgIpc) is 3.57. The fourth-order valence-electron chi connectivity index (χ4n) is 6.74. The zero-order valence-corrected chi connectivity index (χ0v) is 30.3. The van der Waals surface area contributed by atoms with Crippen molar-refractivity contribution in [3.05, 3.63) is 123 Å². The molecule has 15 heteroatoms. The van der Waals surface area contributed by atoms with E-state index in [0.29, 0.717) is 32.7 Å². The highest BCUT2D eigenvalue weighted by Crippen LogP contribution is 2.46. The Hall–Kier alpha value is -5.27. The maximum absolute atomic E-state index is 14.7. The Bertz CT molecular complexity index is 2090. The number of carbonyl (C=O) groups is 3. The van der Waals surface area contributed by atoms with Crippen molar-refractivity contribution in [2.24, 2.45) is 4.99 Å². The van der Waals surface area contributed by atoms with Gasteiger partial charge >= 0.3 is 18.0 Å². The Balaban J connectivity index is 1.21. The van der Waals surface area contributed by atoms with Crippen LogP contribution in [0.2, 0.25) is 10.0 Å². The Labute approximate surface area is 318 Å². The number of hydrogen-bond acceptors (Lipinski definition) is 7. The number of amides is 3. The van der Waals surface area contributed by atoms with Crippen LogP contribution in [0.3, 0.4) is 0 Å². The van der Waals surface area contributed by atoms with Gasteiger partial charge in [0, 0.05) is 36.2 Å². The quantitative estimate of drug-likeness (QED) is 0.196. The SMILES string of the molecule is CCOc1cc(C(F)(F)F)ccc1C1=NC(c2ccc(Cl)cc2)C(c2ccc(Cl)cc2)N1C(=O)C(=O)N1CCN(C(=O)C2COc3ccccc3O2)CC1. The number of carbonyl (C=O) groups excluding carboxylic acids is 3.